The maximum Gasteiger partial charge on any atom is 0.238 e. The molecule has 2 aromatic rings. The summed E-state index contributed by atoms with van der Waals surface area (Å²) < 4.78 is 0. The zero-order valence-corrected chi connectivity index (χ0v) is 11.6. The molecule has 1 aliphatic rings. The Morgan fingerprint density at radius 2 is 1.75 bits per heavy atom. The summed E-state index contributed by atoms with van der Waals surface area (Å²) in [6, 6.07) is 14.2. The summed E-state index contributed by atoms with van der Waals surface area (Å²) in [7, 11) is 0. The van der Waals surface area contributed by atoms with Crippen LogP contribution in [0.1, 0.15) is 19.3 Å². The maximum absolute atomic E-state index is 12.1. The van der Waals surface area contributed by atoms with Crippen molar-refractivity contribution in [2.75, 3.05) is 25.0 Å². The molecule has 0 atom stereocenters. The van der Waals surface area contributed by atoms with Gasteiger partial charge in [0.2, 0.25) is 5.91 Å². The van der Waals surface area contributed by atoms with E-state index >= 15 is 0 Å². The second kappa shape index (κ2) is 6.06. The average molecular weight is 268 g/mol. The largest absolute Gasteiger partial charge is 0.325 e. The van der Waals surface area contributed by atoms with Gasteiger partial charge in [-0.25, -0.2) is 0 Å². The molecular formula is C17H20N2O. The van der Waals surface area contributed by atoms with E-state index in [2.05, 4.69) is 22.3 Å². The molecule has 20 heavy (non-hydrogen) atoms. The molecule has 2 aromatic carbocycles. The Morgan fingerprint density at radius 1 is 1.00 bits per heavy atom. The standard InChI is InChI=1S/C17H20N2O/c20-17(13-19-10-4-1-5-11-19)18-16-9-8-14-6-2-3-7-15(14)12-16/h2-3,6-9,12H,1,4-5,10-11,13H2,(H,18,20). The number of benzene rings is 2. The number of hydrogen-bond acceptors (Lipinski definition) is 2. The molecule has 1 aliphatic heterocycles. The van der Waals surface area contributed by atoms with Crippen LogP contribution in [0.15, 0.2) is 42.5 Å². The SMILES string of the molecule is O=C(CN1CCCCC1)Nc1ccc2ccccc2c1. The normalized spacial score (nSPS) is 16.2. The van der Waals surface area contributed by atoms with Gasteiger partial charge in [0.25, 0.3) is 0 Å². The number of fused-ring (bicyclic) bond motifs is 1. The first-order chi connectivity index (χ1) is 9.81. The lowest BCUT2D eigenvalue weighted by atomic mass is 10.1. The molecule has 0 unspecified atom stereocenters. The highest BCUT2D eigenvalue weighted by Crippen LogP contribution is 2.19. The van der Waals surface area contributed by atoms with E-state index in [9.17, 15) is 4.79 Å². The molecule has 0 bridgehead atoms. The molecule has 1 saturated heterocycles. The van der Waals surface area contributed by atoms with Gasteiger partial charge in [-0.3, -0.25) is 9.69 Å². The Bertz CT molecular complexity index is 603. The van der Waals surface area contributed by atoms with Crippen LogP contribution in [-0.2, 0) is 4.79 Å². The summed E-state index contributed by atoms with van der Waals surface area (Å²) in [5, 5.41) is 5.35. The number of likely N-dealkylation sites (tertiary alicyclic amines) is 1. The molecule has 0 spiro atoms. The molecule has 3 heteroatoms. The van der Waals surface area contributed by atoms with Crippen LogP contribution in [-0.4, -0.2) is 30.4 Å². The van der Waals surface area contributed by atoms with E-state index in [1.807, 2.05) is 30.3 Å². The van der Waals surface area contributed by atoms with Crippen molar-refractivity contribution in [1.29, 1.82) is 0 Å². The first-order valence-electron chi connectivity index (χ1n) is 7.32. The van der Waals surface area contributed by atoms with Crippen LogP contribution in [0, 0.1) is 0 Å². The Balaban J connectivity index is 1.64. The lowest BCUT2D eigenvalue weighted by molar-refractivity contribution is -0.117. The molecule has 3 rings (SSSR count). The predicted molar refractivity (Wildman–Crippen MR) is 82.9 cm³/mol. The zero-order valence-electron chi connectivity index (χ0n) is 11.6. The molecule has 0 saturated carbocycles. The van der Waals surface area contributed by atoms with Crippen LogP contribution >= 0.6 is 0 Å². The molecule has 104 valence electrons. The molecule has 1 amide bonds. The second-order valence-electron chi connectivity index (χ2n) is 5.45. The molecule has 0 radical (unpaired) electrons. The van der Waals surface area contributed by atoms with Gasteiger partial charge in [0.1, 0.15) is 0 Å². The molecule has 0 aliphatic carbocycles. The van der Waals surface area contributed by atoms with Crippen molar-refractivity contribution in [3.8, 4) is 0 Å². The third-order valence-electron chi connectivity index (χ3n) is 3.85. The number of nitrogens with one attached hydrogen (secondary N) is 1. The smallest absolute Gasteiger partial charge is 0.238 e. The Hall–Kier alpha value is -1.87. The summed E-state index contributed by atoms with van der Waals surface area (Å²) in [6.45, 7) is 2.60. The van der Waals surface area contributed by atoms with Gasteiger partial charge in [-0.15, -0.1) is 0 Å². The van der Waals surface area contributed by atoms with Gasteiger partial charge in [-0.05, 0) is 48.8 Å². The number of nitrogens with zero attached hydrogens (tertiary/aromatic N) is 1. The van der Waals surface area contributed by atoms with E-state index in [0.29, 0.717) is 6.54 Å². The van der Waals surface area contributed by atoms with E-state index in [0.717, 1.165) is 24.2 Å². The molecule has 1 fully saturated rings. The number of carbonyl (C=O) groups excluding carboxylic acids is 1. The predicted octanol–water partition coefficient (Wildman–Crippen LogP) is 3.26. The fraction of sp³-hybridized carbons (Fsp3) is 0.353. The molecule has 1 N–H and O–H groups in total. The van der Waals surface area contributed by atoms with Crippen molar-refractivity contribution >= 4 is 22.4 Å². The number of carbonyl (C=O) groups is 1. The van der Waals surface area contributed by atoms with E-state index in [1.54, 1.807) is 0 Å². The van der Waals surface area contributed by atoms with Crippen LogP contribution in [0.4, 0.5) is 5.69 Å². The van der Waals surface area contributed by atoms with Crippen molar-refractivity contribution in [3.05, 3.63) is 42.5 Å². The quantitative estimate of drug-likeness (QED) is 0.926. The van der Waals surface area contributed by atoms with Gasteiger partial charge < -0.3 is 5.32 Å². The van der Waals surface area contributed by atoms with E-state index in [4.69, 9.17) is 0 Å². The summed E-state index contributed by atoms with van der Waals surface area (Å²) in [5.74, 6) is 0.0854. The van der Waals surface area contributed by atoms with Gasteiger partial charge in [-0.2, -0.15) is 0 Å². The Morgan fingerprint density at radius 3 is 2.55 bits per heavy atom. The topological polar surface area (TPSA) is 32.3 Å². The second-order valence-corrected chi connectivity index (χ2v) is 5.45. The molecule has 0 aromatic heterocycles. The van der Waals surface area contributed by atoms with Gasteiger partial charge >= 0.3 is 0 Å². The van der Waals surface area contributed by atoms with Crippen molar-refractivity contribution in [3.63, 3.8) is 0 Å². The van der Waals surface area contributed by atoms with Crippen molar-refractivity contribution in [2.24, 2.45) is 0 Å². The number of piperidine rings is 1. The highest BCUT2D eigenvalue weighted by Gasteiger charge is 2.13. The molecule has 1 heterocycles. The highest BCUT2D eigenvalue weighted by molar-refractivity contribution is 5.95. The summed E-state index contributed by atoms with van der Waals surface area (Å²) >= 11 is 0. The van der Waals surface area contributed by atoms with Crippen LogP contribution in [0.25, 0.3) is 10.8 Å². The van der Waals surface area contributed by atoms with Gasteiger partial charge in [0, 0.05) is 5.69 Å². The minimum absolute atomic E-state index is 0.0854. The van der Waals surface area contributed by atoms with Crippen LogP contribution in [0.3, 0.4) is 0 Å². The number of rotatable bonds is 3. The minimum Gasteiger partial charge on any atom is -0.325 e. The van der Waals surface area contributed by atoms with Crippen LogP contribution in [0.5, 0.6) is 0 Å². The van der Waals surface area contributed by atoms with Gasteiger partial charge in [0.15, 0.2) is 0 Å². The lowest BCUT2D eigenvalue weighted by Gasteiger charge is -2.25. The first-order valence-corrected chi connectivity index (χ1v) is 7.32. The van der Waals surface area contributed by atoms with Gasteiger partial charge in [0.05, 0.1) is 6.54 Å². The molecule has 3 nitrogen and oxygen atoms in total. The van der Waals surface area contributed by atoms with Crippen molar-refractivity contribution < 1.29 is 4.79 Å². The summed E-state index contributed by atoms with van der Waals surface area (Å²) in [4.78, 5) is 14.3. The summed E-state index contributed by atoms with van der Waals surface area (Å²) in [5.41, 5.74) is 0.880. The Kier molecular flexibility index (Phi) is 3.97. The Labute approximate surface area is 119 Å². The average Bonchev–Trinajstić information content (AvgIpc) is 2.48. The highest BCUT2D eigenvalue weighted by atomic mass is 16.2. The van der Waals surface area contributed by atoms with Crippen LogP contribution < -0.4 is 5.32 Å². The zero-order chi connectivity index (χ0) is 13.8. The lowest BCUT2D eigenvalue weighted by Crippen LogP contribution is -2.36. The first kappa shape index (κ1) is 13.1. The van der Waals surface area contributed by atoms with E-state index in [-0.39, 0.29) is 5.91 Å². The fourth-order valence-corrected chi connectivity index (χ4v) is 2.79. The monoisotopic (exact) mass is 268 g/mol. The number of anilines is 1. The van der Waals surface area contributed by atoms with Crippen molar-refractivity contribution in [1.82, 2.24) is 4.90 Å². The number of amides is 1. The van der Waals surface area contributed by atoms with Gasteiger partial charge in [-0.1, -0.05) is 36.8 Å². The maximum atomic E-state index is 12.1. The third kappa shape index (κ3) is 3.17. The number of hydrogen-bond donors (Lipinski definition) is 1. The third-order valence-corrected chi connectivity index (χ3v) is 3.85. The van der Waals surface area contributed by atoms with E-state index in [1.165, 1.54) is 24.6 Å². The van der Waals surface area contributed by atoms with E-state index < -0.39 is 0 Å². The van der Waals surface area contributed by atoms with Crippen molar-refractivity contribution in [2.45, 2.75) is 19.3 Å². The molecular weight excluding hydrogens is 248 g/mol. The fourth-order valence-electron chi connectivity index (χ4n) is 2.79. The summed E-state index contributed by atoms with van der Waals surface area (Å²) in [6.07, 6.45) is 3.72. The van der Waals surface area contributed by atoms with Crippen LogP contribution in [0.2, 0.25) is 0 Å². The minimum atomic E-state index is 0.0854.